The van der Waals surface area contributed by atoms with E-state index >= 15 is 0 Å². The first-order chi connectivity index (χ1) is 8.93. The Hall–Kier alpha value is -1.39. The zero-order chi connectivity index (χ0) is 14.0. The highest BCUT2D eigenvalue weighted by atomic mass is 32.2. The fourth-order valence-corrected chi connectivity index (χ4v) is 3.79. The van der Waals surface area contributed by atoms with E-state index in [2.05, 4.69) is 13.2 Å². The van der Waals surface area contributed by atoms with E-state index in [1.807, 2.05) is 25.1 Å². The van der Waals surface area contributed by atoms with Crippen molar-refractivity contribution in [2.45, 2.75) is 18.2 Å². The van der Waals surface area contributed by atoms with Crippen LogP contribution in [-0.4, -0.2) is 25.8 Å². The lowest BCUT2D eigenvalue weighted by atomic mass is 9.97. The first-order valence-corrected chi connectivity index (χ1v) is 7.73. The van der Waals surface area contributed by atoms with Crippen LogP contribution in [0.1, 0.15) is 12.0 Å². The van der Waals surface area contributed by atoms with Crippen LogP contribution in [0, 0.1) is 12.8 Å². The molecule has 1 unspecified atom stereocenters. The van der Waals surface area contributed by atoms with Gasteiger partial charge in [-0.2, -0.15) is 4.31 Å². The highest BCUT2D eigenvalue weighted by Crippen LogP contribution is 2.26. The summed E-state index contributed by atoms with van der Waals surface area (Å²) in [6, 6.07) is 6.95. The van der Waals surface area contributed by atoms with Crippen LogP contribution in [-0.2, 0) is 10.0 Å². The number of aryl methyl sites for hydroxylation is 1. The smallest absolute Gasteiger partial charge is 0.207 e. The lowest BCUT2D eigenvalue weighted by molar-refractivity contribution is 0.351. The average molecular weight is 277 g/mol. The number of nitrogens with zero attached hydrogens (tertiary/aromatic N) is 1. The van der Waals surface area contributed by atoms with Gasteiger partial charge in [-0.1, -0.05) is 35.9 Å². The molecule has 3 nitrogen and oxygen atoms in total. The molecule has 102 valence electrons. The molecule has 1 saturated heterocycles. The third-order valence-corrected chi connectivity index (χ3v) is 5.21. The van der Waals surface area contributed by atoms with Gasteiger partial charge in [0.15, 0.2) is 0 Å². The second kappa shape index (κ2) is 5.31. The van der Waals surface area contributed by atoms with Crippen LogP contribution in [0.15, 0.2) is 54.0 Å². The van der Waals surface area contributed by atoms with Gasteiger partial charge in [-0.25, -0.2) is 8.42 Å². The van der Waals surface area contributed by atoms with E-state index in [1.165, 1.54) is 4.31 Å². The average Bonchev–Trinajstić information content (AvgIpc) is 2.38. The SMILES string of the molecule is C=CC1CC(=C)CN(S(=O)(=O)c2ccc(C)cc2)C1. The van der Waals surface area contributed by atoms with Crippen molar-refractivity contribution >= 4 is 10.0 Å². The molecule has 1 fully saturated rings. The quantitative estimate of drug-likeness (QED) is 0.797. The largest absolute Gasteiger partial charge is 0.243 e. The molecule has 19 heavy (non-hydrogen) atoms. The Labute approximate surface area is 115 Å². The van der Waals surface area contributed by atoms with Gasteiger partial charge in [0.05, 0.1) is 4.90 Å². The predicted molar refractivity (Wildman–Crippen MR) is 77.4 cm³/mol. The van der Waals surface area contributed by atoms with Gasteiger partial charge in [-0.05, 0) is 31.4 Å². The van der Waals surface area contributed by atoms with Crippen molar-refractivity contribution < 1.29 is 8.42 Å². The molecule has 1 aliphatic rings. The Morgan fingerprint density at radius 1 is 1.32 bits per heavy atom. The Morgan fingerprint density at radius 3 is 2.53 bits per heavy atom. The van der Waals surface area contributed by atoms with Crippen LogP contribution in [0.2, 0.25) is 0 Å². The van der Waals surface area contributed by atoms with Gasteiger partial charge >= 0.3 is 0 Å². The van der Waals surface area contributed by atoms with Gasteiger partial charge in [-0.3, -0.25) is 0 Å². The van der Waals surface area contributed by atoms with E-state index in [0.717, 1.165) is 17.6 Å². The number of sulfonamides is 1. The number of benzene rings is 1. The maximum absolute atomic E-state index is 12.6. The fourth-order valence-electron chi connectivity index (χ4n) is 2.28. The van der Waals surface area contributed by atoms with Crippen LogP contribution in [0.3, 0.4) is 0 Å². The maximum atomic E-state index is 12.6. The Morgan fingerprint density at radius 2 is 1.95 bits per heavy atom. The molecule has 4 heteroatoms. The van der Waals surface area contributed by atoms with Crippen molar-refractivity contribution in [2.75, 3.05) is 13.1 Å². The molecule has 0 aromatic heterocycles. The van der Waals surface area contributed by atoms with E-state index in [-0.39, 0.29) is 5.92 Å². The Bertz CT molecular complexity index is 587. The normalized spacial score (nSPS) is 21.3. The Balaban J connectivity index is 2.31. The molecule has 0 amide bonds. The molecule has 0 N–H and O–H groups in total. The molecular weight excluding hydrogens is 258 g/mol. The lowest BCUT2D eigenvalue weighted by Crippen LogP contribution is -2.40. The summed E-state index contributed by atoms with van der Waals surface area (Å²) in [5, 5.41) is 0. The van der Waals surface area contributed by atoms with E-state index in [0.29, 0.717) is 18.0 Å². The first kappa shape index (κ1) is 14.0. The number of rotatable bonds is 3. The summed E-state index contributed by atoms with van der Waals surface area (Å²) in [5.41, 5.74) is 1.98. The third kappa shape index (κ3) is 2.96. The molecule has 0 saturated carbocycles. The molecule has 1 aromatic carbocycles. The standard InChI is InChI=1S/C15H19NO2S/c1-4-14-9-13(3)10-16(11-14)19(17,18)15-7-5-12(2)6-8-15/h4-8,14H,1,3,9-11H2,2H3. The van der Waals surface area contributed by atoms with Crippen LogP contribution in [0.5, 0.6) is 0 Å². The van der Waals surface area contributed by atoms with Crippen molar-refractivity contribution in [3.05, 3.63) is 54.6 Å². The summed E-state index contributed by atoms with van der Waals surface area (Å²) in [4.78, 5) is 0.343. The fraction of sp³-hybridized carbons (Fsp3) is 0.333. The molecule has 0 aliphatic carbocycles. The van der Waals surface area contributed by atoms with Gasteiger partial charge in [0.25, 0.3) is 0 Å². The second-order valence-electron chi connectivity index (χ2n) is 5.06. The highest BCUT2D eigenvalue weighted by molar-refractivity contribution is 7.89. The summed E-state index contributed by atoms with van der Waals surface area (Å²) < 4.78 is 26.6. The summed E-state index contributed by atoms with van der Waals surface area (Å²) in [5.74, 6) is 0.154. The first-order valence-electron chi connectivity index (χ1n) is 6.29. The van der Waals surface area contributed by atoms with E-state index < -0.39 is 10.0 Å². The second-order valence-corrected chi connectivity index (χ2v) is 7.00. The lowest BCUT2D eigenvalue weighted by Gasteiger charge is -2.31. The monoisotopic (exact) mass is 277 g/mol. The number of piperidine rings is 1. The third-order valence-electron chi connectivity index (χ3n) is 3.38. The molecule has 0 spiro atoms. The summed E-state index contributed by atoms with van der Waals surface area (Å²) in [6.45, 7) is 10.5. The minimum absolute atomic E-state index is 0.154. The van der Waals surface area contributed by atoms with Gasteiger partial charge in [0.2, 0.25) is 10.0 Å². The molecule has 0 bridgehead atoms. The molecule has 2 rings (SSSR count). The van der Waals surface area contributed by atoms with Gasteiger partial charge < -0.3 is 0 Å². The number of hydrogen-bond donors (Lipinski definition) is 0. The van der Waals surface area contributed by atoms with Crippen molar-refractivity contribution in [1.82, 2.24) is 4.31 Å². The van der Waals surface area contributed by atoms with E-state index in [1.54, 1.807) is 12.1 Å². The predicted octanol–water partition coefficient (Wildman–Crippen LogP) is 2.75. The van der Waals surface area contributed by atoms with Crippen LogP contribution < -0.4 is 0 Å². The Kier molecular flexibility index (Phi) is 3.92. The summed E-state index contributed by atoms with van der Waals surface area (Å²) >= 11 is 0. The zero-order valence-electron chi connectivity index (χ0n) is 11.2. The van der Waals surface area contributed by atoms with E-state index in [9.17, 15) is 8.42 Å². The molecule has 1 aliphatic heterocycles. The van der Waals surface area contributed by atoms with Crippen molar-refractivity contribution in [3.8, 4) is 0 Å². The van der Waals surface area contributed by atoms with Gasteiger partial charge in [0.1, 0.15) is 0 Å². The molecule has 1 heterocycles. The van der Waals surface area contributed by atoms with Crippen molar-refractivity contribution in [2.24, 2.45) is 5.92 Å². The minimum Gasteiger partial charge on any atom is -0.207 e. The van der Waals surface area contributed by atoms with Gasteiger partial charge in [0, 0.05) is 13.1 Å². The zero-order valence-corrected chi connectivity index (χ0v) is 12.0. The molecule has 1 atom stereocenters. The summed E-state index contributed by atoms with van der Waals surface area (Å²) in [6.07, 6.45) is 2.63. The van der Waals surface area contributed by atoms with Crippen molar-refractivity contribution in [1.29, 1.82) is 0 Å². The molecule has 1 aromatic rings. The molecular formula is C15H19NO2S. The topological polar surface area (TPSA) is 37.4 Å². The van der Waals surface area contributed by atoms with Gasteiger partial charge in [-0.15, -0.1) is 6.58 Å². The molecule has 0 radical (unpaired) electrons. The summed E-state index contributed by atoms with van der Waals surface area (Å²) in [7, 11) is -3.43. The van der Waals surface area contributed by atoms with E-state index in [4.69, 9.17) is 0 Å². The minimum atomic E-state index is -3.43. The van der Waals surface area contributed by atoms with Crippen molar-refractivity contribution in [3.63, 3.8) is 0 Å². The maximum Gasteiger partial charge on any atom is 0.243 e. The van der Waals surface area contributed by atoms with Crippen LogP contribution in [0.25, 0.3) is 0 Å². The van der Waals surface area contributed by atoms with Crippen LogP contribution >= 0.6 is 0 Å². The number of hydrogen-bond acceptors (Lipinski definition) is 2. The van der Waals surface area contributed by atoms with Crippen LogP contribution in [0.4, 0.5) is 0 Å². The highest BCUT2D eigenvalue weighted by Gasteiger charge is 2.30.